The molecule has 3 nitrogen and oxygen atoms in total. The van der Waals surface area contributed by atoms with Gasteiger partial charge in [-0.1, -0.05) is 6.07 Å². The number of rotatable bonds is 2. The first kappa shape index (κ1) is 10.1. The zero-order valence-electron chi connectivity index (χ0n) is 6.88. The van der Waals surface area contributed by atoms with Gasteiger partial charge in [-0.3, -0.25) is 4.79 Å². The van der Waals surface area contributed by atoms with Crippen molar-refractivity contribution in [2.24, 2.45) is 0 Å². The van der Waals surface area contributed by atoms with Gasteiger partial charge in [0.15, 0.2) is 0 Å². The van der Waals surface area contributed by atoms with Crippen molar-refractivity contribution in [3.05, 3.63) is 28.2 Å². The molecule has 0 saturated heterocycles. The molecule has 1 aromatic rings. The molecule has 0 spiro atoms. The fourth-order valence-corrected chi connectivity index (χ4v) is 1.24. The largest absolute Gasteiger partial charge is 0.469 e. The Hall–Kier alpha value is -0.970. The van der Waals surface area contributed by atoms with Crippen LogP contribution in [0.25, 0.3) is 0 Å². The number of carbonyl (C=O) groups excluding carboxylic acids is 1. The van der Waals surface area contributed by atoms with Crippen LogP contribution in [0.15, 0.2) is 16.7 Å². The molecular formula is C8H7BrFNO2. The first-order chi connectivity index (χ1) is 6.13. The number of aromatic nitrogens is 1. The molecule has 0 N–H and O–H groups in total. The molecule has 0 unspecified atom stereocenters. The molecule has 0 atom stereocenters. The highest BCUT2D eigenvalue weighted by Gasteiger charge is 2.08. The van der Waals surface area contributed by atoms with Gasteiger partial charge >= 0.3 is 5.97 Å². The van der Waals surface area contributed by atoms with Crippen molar-refractivity contribution in [2.45, 2.75) is 6.42 Å². The summed E-state index contributed by atoms with van der Waals surface area (Å²) in [6, 6.07) is 2.69. The van der Waals surface area contributed by atoms with E-state index in [4.69, 9.17) is 0 Å². The molecule has 0 aliphatic heterocycles. The summed E-state index contributed by atoms with van der Waals surface area (Å²) < 4.78 is 17.3. The summed E-state index contributed by atoms with van der Waals surface area (Å²) in [5.41, 5.74) is 0.605. The van der Waals surface area contributed by atoms with E-state index >= 15 is 0 Å². The Kier molecular flexibility index (Phi) is 3.36. The Labute approximate surface area is 83.1 Å². The summed E-state index contributed by atoms with van der Waals surface area (Å²) in [7, 11) is 1.30. The third-order valence-electron chi connectivity index (χ3n) is 1.45. The van der Waals surface area contributed by atoms with Gasteiger partial charge in [0.05, 0.1) is 13.5 Å². The smallest absolute Gasteiger partial charge is 0.310 e. The quantitative estimate of drug-likeness (QED) is 0.590. The molecule has 1 aromatic heterocycles. The maximum absolute atomic E-state index is 12.5. The minimum absolute atomic E-state index is 0.0877. The van der Waals surface area contributed by atoms with E-state index in [0.717, 1.165) is 0 Å². The molecule has 0 bridgehead atoms. The fourth-order valence-electron chi connectivity index (χ4n) is 0.800. The Morgan fingerprint density at radius 1 is 1.69 bits per heavy atom. The van der Waals surface area contributed by atoms with Crippen LogP contribution >= 0.6 is 15.9 Å². The first-order valence-electron chi connectivity index (χ1n) is 3.51. The molecular weight excluding hydrogens is 241 g/mol. The molecule has 13 heavy (non-hydrogen) atoms. The maximum atomic E-state index is 12.5. The van der Waals surface area contributed by atoms with Gasteiger partial charge in [-0.15, -0.1) is 0 Å². The SMILES string of the molecule is COC(=O)Cc1ccc(F)nc1Br. The van der Waals surface area contributed by atoms with E-state index in [2.05, 4.69) is 25.7 Å². The second-order valence-electron chi connectivity index (χ2n) is 2.34. The van der Waals surface area contributed by atoms with Crippen LogP contribution < -0.4 is 0 Å². The first-order valence-corrected chi connectivity index (χ1v) is 4.30. The summed E-state index contributed by atoms with van der Waals surface area (Å²) in [5, 5.41) is 0. The summed E-state index contributed by atoms with van der Waals surface area (Å²) in [4.78, 5) is 14.4. The van der Waals surface area contributed by atoms with Gasteiger partial charge in [0, 0.05) is 0 Å². The lowest BCUT2D eigenvalue weighted by Gasteiger charge is -2.01. The number of esters is 1. The van der Waals surface area contributed by atoms with E-state index in [1.165, 1.54) is 19.2 Å². The van der Waals surface area contributed by atoms with Crippen LogP contribution in [0.5, 0.6) is 0 Å². The molecule has 0 radical (unpaired) electrons. The summed E-state index contributed by atoms with van der Waals surface area (Å²) >= 11 is 3.05. The molecule has 1 rings (SSSR count). The predicted molar refractivity (Wildman–Crippen MR) is 47.6 cm³/mol. The number of hydrogen-bond acceptors (Lipinski definition) is 3. The van der Waals surface area contributed by atoms with Crippen LogP contribution in [0.2, 0.25) is 0 Å². The highest BCUT2D eigenvalue weighted by atomic mass is 79.9. The molecule has 70 valence electrons. The zero-order valence-corrected chi connectivity index (χ0v) is 8.47. The Morgan fingerprint density at radius 3 is 2.92 bits per heavy atom. The minimum atomic E-state index is -0.583. The molecule has 0 aromatic carbocycles. The van der Waals surface area contributed by atoms with Crippen LogP contribution in [0.1, 0.15) is 5.56 Å². The third kappa shape index (κ3) is 2.77. The molecule has 1 heterocycles. The number of hydrogen-bond donors (Lipinski definition) is 0. The number of nitrogens with zero attached hydrogens (tertiary/aromatic N) is 1. The molecule has 0 amide bonds. The zero-order chi connectivity index (χ0) is 9.84. The number of ether oxygens (including phenoxy) is 1. The maximum Gasteiger partial charge on any atom is 0.310 e. The number of halogens is 2. The van der Waals surface area contributed by atoms with E-state index in [-0.39, 0.29) is 12.4 Å². The Morgan fingerprint density at radius 2 is 2.38 bits per heavy atom. The van der Waals surface area contributed by atoms with Crippen molar-refractivity contribution in [2.75, 3.05) is 7.11 Å². The lowest BCUT2D eigenvalue weighted by molar-refractivity contribution is -0.139. The second-order valence-corrected chi connectivity index (χ2v) is 3.09. The summed E-state index contributed by atoms with van der Waals surface area (Å²) in [5.74, 6) is -0.963. The van der Waals surface area contributed by atoms with Crippen molar-refractivity contribution < 1.29 is 13.9 Å². The van der Waals surface area contributed by atoms with E-state index in [9.17, 15) is 9.18 Å². The molecule has 0 aliphatic rings. The normalized spacial score (nSPS) is 9.77. The van der Waals surface area contributed by atoms with E-state index in [0.29, 0.717) is 10.2 Å². The van der Waals surface area contributed by atoms with Crippen LogP contribution in [-0.2, 0) is 16.0 Å². The monoisotopic (exact) mass is 247 g/mol. The highest BCUT2D eigenvalue weighted by Crippen LogP contribution is 2.14. The van der Waals surface area contributed by atoms with Crippen LogP contribution in [0.3, 0.4) is 0 Å². The third-order valence-corrected chi connectivity index (χ3v) is 2.14. The average molecular weight is 248 g/mol. The fraction of sp³-hybridized carbons (Fsp3) is 0.250. The van der Waals surface area contributed by atoms with Crippen molar-refractivity contribution in [3.63, 3.8) is 0 Å². The second kappa shape index (κ2) is 4.32. The van der Waals surface area contributed by atoms with Gasteiger partial charge in [0.1, 0.15) is 4.60 Å². The van der Waals surface area contributed by atoms with Crippen molar-refractivity contribution >= 4 is 21.9 Å². The molecule has 0 aliphatic carbocycles. The van der Waals surface area contributed by atoms with Gasteiger partial charge < -0.3 is 4.74 Å². The standard InChI is InChI=1S/C8H7BrFNO2/c1-13-7(12)4-5-2-3-6(10)11-8(5)9/h2-3H,4H2,1H3. The summed E-state index contributed by atoms with van der Waals surface area (Å²) in [6.45, 7) is 0. The Balaban J connectivity index is 2.83. The average Bonchev–Trinajstić information content (AvgIpc) is 2.09. The predicted octanol–water partition coefficient (Wildman–Crippen LogP) is 1.70. The van der Waals surface area contributed by atoms with E-state index in [1.54, 1.807) is 0 Å². The van der Waals surface area contributed by atoms with Gasteiger partial charge in [-0.2, -0.15) is 4.39 Å². The van der Waals surface area contributed by atoms with Crippen molar-refractivity contribution in [3.8, 4) is 0 Å². The molecule has 0 saturated carbocycles. The lowest BCUT2D eigenvalue weighted by Crippen LogP contribution is -2.05. The molecule has 0 fully saturated rings. The van der Waals surface area contributed by atoms with Gasteiger partial charge in [0.2, 0.25) is 5.95 Å². The number of methoxy groups -OCH3 is 1. The van der Waals surface area contributed by atoms with E-state index in [1.807, 2.05) is 0 Å². The van der Waals surface area contributed by atoms with Crippen LogP contribution in [0.4, 0.5) is 4.39 Å². The van der Waals surface area contributed by atoms with Crippen molar-refractivity contribution in [1.82, 2.24) is 4.98 Å². The minimum Gasteiger partial charge on any atom is -0.469 e. The van der Waals surface area contributed by atoms with Crippen LogP contribution in [-0.4, -0.2) is 18.1 Å². The van der Waals surface area contributed by atoms with Gasteiger partial charge in [0.25, 0.3) is 0 Å². The summed E-state index contributed by atoms with van der Waals surface area (Å²) in [6.07, 6.45) is 0.0877. The highest BCUT2D eigenvalue weighted by molar-refractivity contribution is 9.10. The van der Waals surface area contributed by atoms with Crippen LogP contribution in [0, 0.1) is 5.95 Å². The number of pyridine rings is 1. The topological polar surface area (TPSA) is 39.2 Å². The number of carbonyl (C=O) groups is 1. The van der Waals surface area contributed by atoms with E-state index < -0.39 is 5.95 Å². The van der Waals surface area contributed by atoms with Crippen molar-refractivity contribution in [1.29, 1.82) is 0 Å². The van der Waals surface area contributed by atoms with Gasteiger partial charge in [-0.25, -0.2) is 4.98 Å². The molecule has 5 heteroatoms. The lowest BCUT2D eigenvalue weighted by atomic mass is 10.2. The van der Waals surface area contributed by atoms with Gasteiger partial charge in [-0.05, 0) is 27.6 Å². The Bertz CT molecular complexity index is 330.